The minimum Gasteiger partial charge on any atom is -0.491 e. The number of rotatable bonds is 9. The van der Waals surface area contributed by atoms with Crippen molar-refractivity contribution in [2.75, 3.05) is 0 Å². The minimum atomic E-state index is -0.233. The molecule has 3 nitrogen and oxygen atoms in total. The maximum atomic E-state index is 12.9. The lowest BCUT2D eigenvalue weighted by atomic mass is 10.2. The van der Waals surface area contributed by atoms with Crippen LogP contribution in [0.2, 0.25) is 0 Å². The number of carbonyl (C=O) groups is 1. The van der Waals surface area contributed by atoms with Gasteiger partial charge in [-0.25, -0.2) is 4.39 Å². The number of benzene rings is 2. The Morgan fingerprint density at radius 2 is 1.81 bits per heavy atom. The van der Waals surface area contributed by atoms with Gasteiger partial charge in [0.05, 0.1) is 6.10 Å². The summed E-state index contributed by atoms with van der Waals surface area (Å²) in [6, 6.07) is 14.2. The van der Waals surface area contributed by atoms with Crippen LogP contribution in [0.15, 0.2) is 53.4 Å². The van der Waals surface area contributed by atoms with E-state index in [2.05, 4.69) is 12.2 Å². The molecule has 0 aromatic heterocycles. The smallest absolute Gasteiger partial charge is 0.220 e. The molecule has 2 rings (SSSR count). The van der Waals surface area contributed by atoms with Crippen LogP contribution in [0.5, 0.6) is 5.75 Å². The highest BCUT2D eigenvalue weighted by Crippen LogP contribution is 2.26. The number of hydrogen-bond acceptors (Lipinski definition) is 3. The Morgan fingerprint density at radius 1 is 1.12 bits per heavy atom. The molecular formula is C21H26FNO2S. The molecule has 0 aliphatic rings. The number of halogens is 1. The number of carbonyl (C=O) groups excluding carboxylic acids is 1. The summed E-state index contributed by atoms with van der Waals surface area (Å²) in [7, 11) is 0. The van der Waals surface area contributed by atoms with E-state index in [0.717, 1.165) is 22.6 Å². The number of thioether (sulfide) groups is 1. The summed E-state index contributed by atoms with van der Waals surface area (Å²) in [6.45, 7) is 6.50. The van der Waals surface area contributed by atoms with Crippen molar-refractivity contribution in [1.82, 2.24) is 5.32 Å². The molecule has 0 aliphatic carbocycles. The zero-order valence-electron chi connectivity index (χ0n) is 15.5. The van der Waals surface area contributed by atoms with Crippen LogP contribution in [0.3, 0.4) is 0 Å². The van der Waals surface area contributed by atoms with Gasteiger partial charge in [0.15, 0.2) is 0 Å². The Balaban J connectivity index is 1.76. The molecule has 2 aromatic rings. The normalized spacial score (nSPS) is 12.0. The van der Waals surface area contributed by atoms with E-state index in [0.29, 0.717) is 13.0 Å². The van der Waals surface area contributed by atoms with Crippen LogP contribution in [0.25, 0.3) is 0 Å². The molecule has 0 fully saturated rings. The Labute approximate surface area is 159 Å². The van der Waals surface area contributed by atoms with Crippen molar-refractivity contribution in [3.8, 4) is 5.75 Å². The van der Waals surface area contributed by atoms with Gasteiger partial charge in [-0.15, -0.1) is 11.8 Å². The second-order valence-electron chi connectivity index (χ2n) is 6.47. The van der Waals surface area contributed by atoms with Crippen LogP contribution in [0.4, 0.5) is 4.39 Å². The van der Waals surface area contributed by atoms with Gasteiger partial charge in [-0.2, -0.15) is 0 Å². The van der Waals surface area contributed by atoms with E-state index in [4.69, 9.17) is 4.74 Å². The van der Waals surface area contributed by atoms with E-state index in [-0.39, 0.29) is 23.1 Å². The van der Waals surface area contributed by atoms with Crippen molar-refractivity contribution in [1.29, 1.82) is 0 Å². The maximum absolute atomic E-state index is 12.9. The molecule has 1 N–H and O–H groups in total. The quantitative estimate of drug-likeness (QED) is 0.613. The highest BCUT2D eigenvalue weighted by Gasteiger charge is 2.10. The van der Waals surface area contributed by atoms with Gasteiger partial charge in [0.1, 0.15) is 11.6 Å². The molecule has 140 valence electrons. The van der Waals surface area contributed by atoms with Crippen molar-refractivity contribution >= 4 is 17.7 Å². The van der Waals surface area contributed by atoms with Gasteiger partial charge >= 0.3 is 0 Å². The second kappa shape index (κ2) is 10.2. The summed E-state index contributed by atoms with van der Waals surface area (Å²) in [5, 5.41) is 3.24. The van der Waals surface area contributed by atoms with E-state index in [1.807, 2.05) is 38.1 Å². The molecule has 0 spiro atoms. The van der Waals surface area contributed by atoms with E-state index in [1.54, 1.807) is 23.9 Å². The average molecular weight is 376 g/mol. The molecule has 26 heavy (non-hydrogen) atoms. The molecule has 5 heteroatoms. The molecule has 0 heterocycles. The fourth-order valence-corrected chi connectivity index (χ4v) is 3.43. The van der Waals surface area contributed by atoms with Crippen molar-refractivity contribution in [2.45, 2.75) is 56.4 Å². The molecule has 1 unspecified atom stereocenters. The van der Waals surface area contributed by atoms with Gasteiger partial charge in [-0.1, -0.05) is 25.1 Å². The molecule has 0 aliphatic heterocycles. The highest BCUT2D eigenvalue weighted by atomic mass is 32.2. The first kappa shape index (κ1) is 20.3. The van der Waals surface area contributed by atoms with Crippen LogP contribution in [-0.2, 0) is 11.3 Å². The predicted molar refractivity (Wildman–Crippen MR) is 105 cm³/mol. The zero-order chi connectivity index (χ0) is 18.9. The first-order valence-electron chi connectivity index (χ1n) is 8.87. The Bertz CT molecular complexity index is 703. The predicted octanol–water partition coefficient (Wildman–Crippen LogP) is 5.19. The number of amides is 1. The monoisotopic (exact) mass is 375 g/mol. The lowest BCUT2D eigenvalue weighted by molar-refractivity contribution is -0.121. The molecule has 0 saturated carbocycles. The topological polar surface area (TPSA) is 38.3 Å². The molecule has 1 amide bonds. The van der Waals surface area contributed by atoms with E-state index in [9.17, 15) is 9.18 Å². The molecule has 1 atom stereocenters. The van der Waals surface area contributed by atoms with Gasteiger partial charge in [0, 0.05) is 28.7 Å². The Kier molecular flexibility index (Phi) is 7.98. The van der Waals surface area contributed by atoms with Crippen LogP contribution >= 0.6 is 11.8 Å². The molecular weight excluding hydrogens is 349 g/mol. The van der Waals surface area contributed by atoms with Gasteiger partial charge in [-0.3, -0.25) is 4.79 Å². The number of nitrogens with one attached hydrogen (secondary N) is 1. The van der Waals surface area contributed by atoms with Gasteiger partial charge in [0.25, 0.3) is 0 Å². The van der Waals surface area contributed by atoms with Gasteiger partial charge in [-0.05, 0) is 50.6 Å². The van der Waals surface area contributed by atoms with E-state index in [1.165, 1.54) is 12.1 Å². The lowest BCUT2D eigenvalue weighted by Gasteiger charge is -2.15. The Hall–Kier alpha value is -2.01. The first-order valence-corrected chi connectivity index (χ1v) is 9.75. The number of hydrogen-bond donors (Lipinski definition) is 1. The second-order valence-corrected chi connectivity index (χ2v) is 7.98. The lowest BCUT2D eigenvalue weighted by Crippen LogP contribution is -2.23. The molecule has 2 aromatic carbocycles. The van der Waals surface area contributed by atoms with Crippen molar-refractivity contribution < 1.29 is 13.9 Å². The summed E-state index contributed by atoms with van der Waals surface area (Å²) in [5.74, 6) is 0.599. The van der Waals surface area contributed by atoms with Crippen molar-refractivity contribution in [3.63, 3.8) is 0 Å². The number of ether oxygens (including phenoxy) is 1. The van der Waals surface area contributed by atoms with E-state index >= 15 is 0 Å². The van der Waals surface area contributed by atoms with Crippen LogP contribution < -0.4 is 10.1 Å². The van der Waals surface area contributed by atoms with Crippen LogP contribution in [0, 0.1) is 5.82 Å². The summed E-state index contributed by atoms with van der Waals surface area (Å²) in [5.41, 5.74) is 0.975. The third-order valence-electron chi connectivity index (χ3n) is 3.74. The maximum Gasteiger partial charge on any atom is 0.220 e. The summed E-state index contributed by atoms with van der Waals surface area (Å²) >= 11 is 1.65. The SMILES string of the molecule is CC(C)Oc1ccccc1CNC(=O)CCC(C)Sc1ccc(F)cc1. The molecule has 0 saturated heterocycles. The van der Waals surface area contributed by atoms with Crippen molar-refractivity contribution in [3.05, 3.63) is 59.9 Å². The molecule has 0 bridgehead atoms. The minimum absolute atomic E-state index is 0.0240. The molecule has 0 radical (unpaired) electrons. The summed E-state index contributed by atoms with van der Waals surface area (Å²) in [4.78, 5) is 13.2. The summed E-state index contributed by atoms with van der Waals surface area (Å²) in [6.07, 6.45) is 1.32. The largest absolute Gasteiger partial charge is 0.491 e. The Morgan fingerprint density at radius 3 is 2.50 bits per heavy atom. The number of para-hydroxylation sites is 1. The standard InChI is InChI=1S/C21H26FNO2S/c1-15(2)25-20-7-5-4-6-17(20)14-23-21(24)13-8-16(3)26-19-11-9-18(22)10-12-19/h4-7,9-12,15-16H,8,13-14H2,1-3H3,(H,23,24). The fraction of sp³-hybridized carbons (Fsp3) is 0.381. The fourth-order valence-electron chi connectivity index (χ4n) is 2.44. The highest BCUT2D eigenvalue weighted by molar-refractivity contribution is 7.99. The van der Waals surface area contributed by atoms with Crippen molar-refractivity contribution in [2.24, 2.45) is 0 Å². The zero-order valence-corrected chi connectivity index (χ0v) is 16.3. The van der Waals surface area contributed by atoms with Crippen LogP contribution in [0.1, 0.15) is 39.2 Å². The van der Waals surface area contributed by atoms with Crippen LogP contribution in [-0.4, -0.2) is 17.3 Å². The van der Waals surface area contributed by atoms with Gasteiger partial charge in [0.2, 0.25) is 5.91 Å². The van der Waals surface area contributed by atoms with E-state index < -0.39 is 0 Å². The third kappa shape index (κ3) is 7.08. The average Bonchev–Trinajstić information content (AvgIpc) is 2.61. The summed E-state index contributed by atoms with van der Waals surface area (Å²) < 4.78 is 18.7. The third-order valence-corrected chi connectivity index (χ3v) is 4.92. The van der Waals surface area contributed by atoms with Gasteiger partial charge < -0.3 is 10.1 Å². The first-order chi connectivity index (χ1) is 12.4.